The van der Waals surface area contributed by atoms with Crippen LogP contribution in [0.2, 0.25) is 5.02 Å². The van der Waals surface area contributed by atoms with E-state index in [4.69, 9.17) is 11.6 Å². The van der Waals surface area contributed by atoms with Gasteiger partial charge in [0.15, 0.2) is 0 Å². The van der Waals surface area contributed by atoms with Gasteiger partial charge in [0.25, 0.3) is 0 Å². The van der Waals surface area contributed by atoms with Crippen molar-refractivity contribution in [3.05, 3.63) is 28.8 Å². The maximum atomic E-state index is 9.32. The molecule has 1 aliphatic carbocycles. The highest BCUT2D eigenvalue weighted by Crippen LogP contribution is 2.39. The minimum absolute atomic E-state index is 0.635. The van der Waals surface area contributed by atoms with Crippen molar-refractivity contribution < 1.29 is 0 Å². The number of nitriles is 1. The molecule has 0 aromatic heterocycles. The van der Waals surface area contributed by atoms with E-state index in [0.29, 0.717) is 11.1 Å². The fraction of sp³-hybridized carbons (Fsp3) is 0.562. The first kappa shape index (κ1) is 12.8. The Bertz CT molecular complexity index is 500. The predicted molar refractivity (Wildman–Crippen MR) is 78.5 cm³/mol. The third kappa shape index (κ3) is 2.44. The van der Waals surface area contributed by atoms with Crippen LogP contribution in [0.15, 0.2) is 18.2 Å². The molecule has 1 unspecified atom stereocenters. The molecule has 100 valence electrons. The van der Waals surface area contributed by atoms with Crippen molar-refractivity contribution in [1.82, 2.24) is 0 Å². The first-order valence-electron chi connectivity index (χ1n) is 7.26. The lowest BCUT2D eigenvalue weighted by Gasteiger charge is -2.32. The van der Waals surface area contributed by atoms with Crippen LogP contribution in [-0.2, 0) is 0 Å². The summed E-state index contributed by atoms with van der Waals surface area (Å²) in [5.74, 6) is 0.824. The molecule has 1 saturated carbocycles. The molecule has 1 heterocycles. The third-order valence-electron chi connectivity index (χ3n) is 4.63. The van der Waals surface area contributed by atoms with Crippen molar-refractivity contribution in [3.8, 4) is 6.07 Å². The second-order valence-electron chi connectivity index (χ2n) is 5.72. The van der Waals surface area contributed by atoms with Crippen LogP contribution in [0.5, 0.6) is 0 Å². The van der Waals surface area contributed by atoms with Gasteiger partial charge in [-0.2, -0.15) is 5.26 Å². The molecule has 2 nitrogen and oxygen atoms in total. The normalized spacial score (nSPS) is 23.8. The molecule has 1 aliphatic heterocycles. The molecule has 2 aliphatic rings. The number of anilines is 1. The Kier molecular flexibility index (Phi) is 3.66. The number of benzene rings is 1. The molecule has 1 aromatic rings. The van der Waals surface area contributed by atoms with Crippen LogP contribution >= 0.6 is 11.6 Å². The Morgan fingerprint density at radius 3 is 2.68 bits per heavy atom. The number of nitrogens with zero attached hydrogens (tertiary/aromatic N) is 2. The zero-order valence-corrected chi connectivity index (χ0v) is 11.9. The van der Waals surface area contributed by atoms with Crippen molar-refractivity contribution in [3.63, 3.8) is 0 Å². The molecule has 1 atom stereocenters. The first-order chi connectivity index (χ1) is 9.29. The molecule has 0 bridgehead atoms. The van der Waals surface area contributed by atoms with Crippen LogP contribution in [0, 0.1) is 17.2 Å². The van der Waals surface area contributed by atoms with Gasteiger partial charge in [0.05, 0.1) is 11.3 Å². The van der Waals surface area contributed by atoms with Gasteiger partial charge in [-0.15, -0.1) is 0 Å². The van der Waals surface area contributed by atoms with Gasteiger partial charge in [0.2, 0.25) is 0 Å². The molecule has 1 aromatic carbocycles. The third-order valence-corrected chi connectivity index (χ3v) is 4.87. The van der Waals surface area contributed by atoms with E-state index in [9.17, 15) is 5.26 Å². The minimum atomic E-state index is 0.635. The molecule has 0 radical (unpaired) electrons. The summed E-state index contributed by atoms with van der Waals surface area (Å²) < 4.78 is 0. The summed E-state index contributed by atoms with van der Waals surface area (Å²) in [5, 5.41) is 9.97. The van der Waals surface area contributed by atoms with Crippen LogP contribution < -0.4 is 4.90 Å². The molecule has 0 spiro atoms. The highest BCUT2D eigenvalue weighted by Gasteiger charge is 2.34. The standard InChI is InChI=1S/C16H19ClN2/c17-14-7-8-16(13(10-14)11-18)19-9-3-6-15(19)12-4-1-2-5-12/h7-8,10,12,15H,1-6,9H2. The average Bonchev–Trinajstić information content (AvgIpc) is 3.08. The van der Waals surface area contributed by atoms with E-state index in [0.717, 1.165) is 23.7 Å². The smallest absolute Gasteiger partial charge is 0.101 e. The van der Waals surface area contributed by atoms with E-state index in [-0.39, 0.29) is 0 Å². The topological polar surface area (TPSA) is 27.0 Å². The van der Waals surface area contributed by atoms with Crippen molar-refractivity contribution in [2.75, 3.05) is 11.4 Å². The lowest BCUT2D eigenvalue weighted by atomic mass is 9.95. The van der Waals surface area contributed by atoms with E-state index < -0.39 is 0 Å². The summed E-state index contributed by atoms with van der Waals surface area (Å²) in [4.78, 5) is 2.46. The number of hydrogen-bond donors (Lipinski definition) is 0. The van der Waals surface area contributed by atoms with Crippen molar-refractivity contribution in [2.24, 2.45) is 5.92 Å². The van der Waals surface area contributed by atoms with E-state index in [1.807, 2.05) is 12.1 Å². The Morgan fingerprint density at radius 1 is 1.16 bits per heavy atom. The van der Waals surface area contributed by atoms with Crippen LogP contribution in [-0.4, -0.2) is 12.6 Å². The highest BCUT2D eigenvalue weighted by atomic mass is 35.5. The van der Waals surface area contributed by atoms with Gasteiger partial charge < -0.3 is 4.90 Å². The largest absolute Gasteiger partial charge is 0.367 e. The van der Waals surface area contributed by atoms with E-state index in [2.05, 4.69) is 11.0 Å². The molecular weight excluding hydrogens is 256 g/mol. The summed E-state index contributed by atoms with van der Waals surface area (Å²) in [6, 6.07) is 8.65. The fourth-order valence-electron chi connectivity index (χ4n) is 3.77. The van der Waals surface area contributed by atoms with E-state index in [1.54, 1.807) is 6.07 Å². The zero-order valence-electron chi connectivity index (χ0n) is 11.1. The van der Waals surface area contributed by atoms with Gasteiger partial charge in [-0.3, -0.25) is 0 Å². The summed E-state index contributed by atoms with van der Waals surface area (Å²) in [6.45, 7) is 1.08. The molecule has 3 rings (SSSR count). The van der Waals surface area contributed by atoms with Gasteiger partial charge >= 0.3 is 0 Å². The second kappa shape index (κ2) is 5.43. The van der Waals surface area contributed by atoms with Crippen molar-refractivity contribution >= 4 is 17.3 Å². The molecule has 0 amide bonds. The molecule has 2 fully saturated rings. The molecular formula is C16H19ClN2. The van der Waals surface area contributed by atoms with Crippen molar-refractivity contribution in [1.29, 1.82) is 5.26 Å². The van der Waals surface area contributed by atoms with Crippen LogP contribution in [0.3, 0.4) is 0 Å². The summed E-state index contributed by atoms with van der Waals surface area (Å²) in [5.41, 5.74) is 1.80. The van der Waals surface area contributed by atoms with Gasteiger partial charge in [-0.25, -0.2) is 0 Å². The summed E-state index contributed by atoms with van der Waals surface area (Å²) >= 11 is 6.00. The Morgan fingerprint density at radius 2 is 1.95 bits per heavy atom. The SMILES string of the molecule is N#Cc1cc(Cl)ccc1N1CCCC1C1CCCC1. The Balaban J connectivity index is 1.90. The van der Waals surface area contributed by atoms with Gasteiger partial charge in [-0.1, -0.05) is 24.4 Å². The lowest BCUT2D eigenvalue weighted by molar-refractivity contribution is 0.430. The Labute approximate surface area is 120 Å². The number of hydrogen-bond acceptors (Lipinski definition) is 2. The van der Waals surface area contributed by atoms with Crippen LogP contribution in [0.1, 0.15) is 44.1 Å². The predicted octanol–water partition coefficient (Wildman–Crippen LogP) is 4.37. The maximum absolute atomic E-state index is 9.32. The minimum Gasteiger partial charge on any atom is -0.367 e. The van der Waals surface area contributed by atoms with Gasteiger partial charge in [0, 0.05) is 17.6 Å². The lowest BCUT2D eigenvalue weighted by Crippen LogP contribution is -2.35. The number of halogens is 1. The van der Waals surface area contributed by atoms with Gasteiger partial charge in [-0.05, 0) is 49.8 Å². The summed E-state index contributed by atoms with van der Waals surface area (Å²) in [6.07, 6.45) is 7.99. The molecule has 19 heavy (non-hydrogen) atoms. The fourth-order valence-corrected chi connectivity index (χ4v) is 3.94. The van der Waals surface area contributed by atoms with E-state index in [1.165, 1.54) is 38.5 Å². The van der Waals surface area contributed by atoms with Crippen LogP contribution in [0.25, 0.3) is 0 Å². The quantitative estimate of drug-likeness (QED) is 0.801. The second-order valence-corrected chi connectivity index (χ2v) is 6.16. The van der Waals surface area contributed by atoms with E-state index >= 15 is 0 Å². The number of rotatable bonds is 2. The van der Waals surface area contributed by atoms with Crippen molar-refractivity contribution in [2.45, 2.75) is 44.6 Å². The van der Waals surface area contributed by atoms with Crippen LogP contribution in [0.4, 0.5) is 5.69 Å². The highest BCUT2D eigenvalue weighted by molar-refractivity contribution is 6.30. The average molecular weight is 275 g/mol. The monoisotopic (exact) mass is 274 g/mol. The zero-order chi connectivity index (χ0) is 13.2. The summed E-state index contributed by atoms with van der Waals surface area (Å²) in [7, 11) is 0. The first-order valence-corrected chi connectivity index (χ1v) is 7.63. The molecule has 0 N–H and O–H groups in total. The maximum Gasteiger partial charge on any atom is 0.101 e. The Hall–Kier alpha value is -1.20. The van der Waals surface area contributed by atoms with Gasteiger partial charge in [0.1, 0.15) is 6.07 Å². The molecule has 1 saturated heterocycles. The molecule has 3 heteroatoms.